The molecule has 6 nitrogen and oxygen atoms in total. The highest BCUT2D eigenvalue weighted by molar-refractivity contribution is 5.91. The van der Waals surface area contributed by atoms with Gasteiger partial charge in [0.2, 0.25) is 0 Å². The number of hydrogen-bond donors (Lipinski definition) is 0. The van der Waals surface area contributed by atoms with Gasteiger partial charge in [-0.25, -0.2) is 9.07 Å². The van der Waals surface area contributed by atoms with E-state index >= 15 is 0 Å². The molecule has 0 fully saturated rings. The molecule has 1 heterocycles. The molecule has 0 aliphatic carbocycles. The Morgan fingerprint density at radius 1 is 1.35 bits per heavy atom. The zero-order chi connectivity index (χ0) is 16.8. The van der Waals surface area contributed by atoms with Crippen LogP contribution in [-0.2, 0) is 17.8 Å². The molecule has 0 unspecified atom stereocenters. The minimum atomic E-state index is -0.352. The summed E-state index contributed by atoms with van der Waals surface area (Å²) in [5.74, 6) is -0.699. The number of carbonyl (C=O) groups is 1. The lowest BCUT2D eigenvalue weighted by atomic mass is 10.2. The summed E-state index contributed by atoms with van der Waals surface area (Å²) in [7, 11) is 3.12. The second-order valence-corrected chi connectivity index (χ2v) is 5.06. The molecule has 2 rings (SSSR count). The van der Waals surface area contributed by atoms with Gasteiger partial charge < -0.3 is 9.64 Å². The number of methoxy groups -OCH3 is 1. The lowest BCUT2D eigenvalue weighted by molar-refractivity contribution is 0.0775. The van der Waals surface area contributed by atoms with E-state index in [-0.39, 0.29) is 36.1 Å². The molecule has 1 aromatic carbocycles. The maximum absolute atomic E-state index is 13.2. The Morgan fingerprint density at radius 3 is 2.83 bits per heavy atom. The van der Waals surface area contributed by atoms with E-state index in [4.69, 9.17) is 4.74 Å². The number of hydrogen-bond acceptors (Lipinski definition) is 4. The second-order valence-electron chi connectivity index (χ2n) is 5.06. The van der Waals surface area contributed by atoms with Gasteiger partial charge in [0.25, 0.3) is 11.5 Å². The number of amides is 1. The first-order valence-electron chi connectivity index (χ1n) is 7.08. The van der Waals surface area contributed by atoms with Gasteiger partial charge in [0.15, 0.2) is 0 Å². The van der Waals surface area contributed by atoms with Crippen molar-refractivity contribution in [2.45, 2.75) is 13.1 Å². The predicted octanol–water partition coefficient (Wildman–Crippen LogP) is 1.30. The van der Waals surface area contributed by atoms with Crippen molar-refractivity contribution in [3.05, 3.63) is 63.8 Å². The number of carbonyl (C=O) groups excluding carboxylic acids is 1. The Kier molecular flexibility index (Phi) is 5.59. The van der Waals surface area contributed by atoms with Crippen LogP contribution in [0.25, 0.3) is 0 Å². The molecule has 23 heavy (non-hydrogen) atoms. The van der Waals surface area contributed by atoms with Crippen LogP contribution in [0.15, 0.2) is 41.2 Å². The molecule has 2 aromatic rings. The number of rotatable bonds is 6. The summed E-state index contributed by atoms with van der Waals surface area (Å²) in [6, 6.07) is 8.73. The maximum Gasteiger partial charge on any atom is 0.274 e. The predicted molar refractivity (Wildman–Crippen MR) is 82.6 cm³/mol. The van der Waals surface area contributed by atoms with Gasteiger partial charge in [-0.3, -0.25) is 9.59 Å². The molecule has 0 saturated carbocycles. The van der Waals surface area contributed by atoms with E-state index in [1.165, 1.54) is 41.0 Å². The van der Waals surface area contributed by atoms with Gasteiger partial charge in [0.1, 0.15) is 11.5 Å². The first-order valence-corrected chi connectivity index (χ1v) is 7.08. The van der Waals surface area contributed by atoms with Crippen LogP contribution in [0.3, 0.4) is 0 Å². The van der Waals surface area contributed by atoms with Crippen molar-refractivity contribution < 1.29 is 13.9 Å². The van der Waals surface area contributed by atoms with E-state index in [2.05, 4.69) is 5.10 Å². The number of halogens is 1. The third-order valence-corrected chi connectivity index (χ3v) is 3.25. The molecule has 0 bridgehead atoms. The fraction of sp³-hybridized carbons (Fsp3) is 0.312. The van der Waals surface area contributed by atoms with Crippen LogP contribution in [0, 0.1) is 5.82 Å². The minimum absolute atomic E-state index is 0.152. The van der Waals surface area contributed by atoms with Gasteiger partial charge in [-0.2, -0.15) is 5.10 Å². The number of ether oxygens (including phenoxy) is 1. The van der Waals surface area contributed by atoms with E-state index < -0.39 is 0 Å². The Bertz CT molecular complexity index is 745. The minimum Gasteiger partial charge on any atom is -0.383 e. The number of aromatic nitrogens is 2. The highest BCUT2D eigenvalue weighted by Gasteiger charge is 2.15. The van der Waals surface area contributed by atoms with Crippen LogP contribution >= 0.6 is 0 Å². The summed E-state index contributed by atoms with van der Waals surface area (Å²) >= 11 is 0. The molecule has 7 heteroatoms. The van der Waals surface area contributed by atoms with E-state index in [9.17, 15) is 14.0 Å². The molecular weight excluding hydrogens is 301 g/mol. The molecule has 0 aliphatic heterocycles. The maximum atomic E-state index is 13.2. The molecule has 1 amide bonds. The molecule has 0 N–H and O–H groups in total. The normalized spacial score (nSPS) is 10.6. The summed E-state index contributed by atoms with van der Waals surface area (Å²) in [5, 5.41) is 4.05. The van der Waals surface area contributed by atoms with E-state index in [0.717, 1.165) is 0 Å². The van der Waals surface area contributed by atoms with Crippen molar-refractivity contribution in [2.24, 2.45) is 0 Å². The average Bonchev–Trinajstić information content (AvgIpc) is 2.53. The molecule has 122 valence electrons. The van der Waals surface area contributed by atoms with Gasteiger partial charge in [-0.15, -0.1) is 0 Å². The van der Waals surface area contributed by atoms with Crippen molar-refractivity contribution in [3.63, 3.8) is 0 Å². The summed E-state index contributed by atoms with van der Waals surface area (Å²) in [4.78, 5) is 25.5. The van der Waals surface area contributed by atoms with Crippen molar-refractivity contribution in [2.75, 3.05) is 20.8 Å². The van der Waals surface area contributed by atoms with Crippen LogP contribution in [0.4, 0.5) is 4.39 Å². The SMILES string of the molecule is COCCn1nc(C(=O)N(C)Cc2cccc(F)c2)ccc1=O. The van der Waals surface area contributed by atoms with Crippen molar-refractivity contribution in [1.29, 1.82) is 0 Å². The summed E-state index contributed by atoms with van der Waals surface area (Å²) < 4.78 is 19.3. The first-order chi connectivity index (χ1) is 11.0. The fourth-order valence-corrected chi connectivity index (χ4v) is 2.08. The van der Waals surface area contributed by atoms with Crippen LogP contribution in [0.1, 0.15) is 16.1 Å². The van der Waals surface area contributed by atoms with Crippen molar-refractivity contribution >= 4 is 5.91 Å². The van der Waals surface area contributed by atoms with Gasteiger partial charge in [0, 0.05) is 26.8 Å². The summed E-state index contributed by atoms with van der Waals surface area (Å²) in [5.41, 5.74) is 0.527. The van der Waals surface area contributed by atoms with Crippen molar-refractivity contribution in [1.82, 2.24) is 14.7 Å². The van der Waals surface area contributed by atoms with Gasteiger partial charge in [0.05, 0.1) is 13.2 Å². The van der Waals surface area contributed by atoms with Crippen LogP contribution in [-0.4, -0.2) is 41.4 Å². The lowest BCUT2D eigenvalue weighted by Crippen LogP contribution is -2.31. The number of benzene rings is 1. The highest BCUT2D eigenvalue weighted by Crippen LogP contribution is 2.08. The molecule has 0 spiro atoms. The van der Waals surface area contributed by atoms with E-state index in [1.807, 2.05) is 0 Å². The molecule has 0 saturated heterocycles. The second kappa shape index (κ2) is 7.64. The summed E-state index contributed by atoms with van der Waals surface area (Å²) in [6.07, 6.45) is 0. The zero-order valence-corrected chi connectivity index (χ0v) is 13.0. The van der Waals surface area contributed by atoms with E-state index in [1.54, 1.807) is 19.2 Å². The molecule has 0 aliphatic rings. The van der Waals surface area contributed by atoms with E-state index in [0.29, 0.717) is 12.2 Å². The van der Waals surface area contributed by atoms with Crippen LogP contribution in [0.2, 0.25) is 0 Å². The fourth-order valence-electron chi connectivity index (χ4n) is 2.08. The average molecular weight is 319 g/mol. The van der Waals surface area contributed by atoms with Crippen LogP contribution in [0.5, 0.6) is 0 Å². The zero-order valence-electron chi connectivity index (χ0n) is 13.0. The molecule has 0 radical (unpaired) electrons. The Morgan fingerprint density at radius 2 is 2.13 bits per heavy atom. The highest BCUT2D eigenvalue weighted by atomic mass is 19.1. The molecular formula is C16H18FN3O3. The Labute approximate surface area is 133 Å². The lowest BCUT2D eigenvalue weighted by Gasteiger charge is -2.17. The monoisotopic (exact) mass is 319 g/mol. The number of nitrogens with zero attached hydrogens (tertiary/aromatic N) is 3. The summed E-state index contributed by atoms with van der Waals surface area (Å²) in [6.45, 7) is 0.837. The Hall–Kier alpha value is -2.54. The Balaban J connectivity index is 2.14. The molecule has 0 atom stereocenters. The quantitative estimate of drug-likeness (QED) is 0.805. The standard InChI is InChI=1S/C16H18FN3O3/c1-19(11-12-4-3-5-13(17)10-12)16(22)14-6-7-15(21)20(18-14)8-9-23-2/h3-7,10H,8-9,11H2,1-2H3. The van der Waals surface area contributed by atoms with Gasteiger partial charge >= 0.3 is 0 Å². The first kappa shape index (κ1) is 16.8. The molecule has 1 aromatic heterocycles. The largest absolute Gasteiger partial charge is 0.383 e. The van der Waals surface area contributed by atoms with Gasteiger partial charge in [-0.05, 0) is 23.8 Å². The van der Waals surface area contributed by atoms with Crippen LogP contribution < -0.4 is 5.56 Å². The smallest absolute Gasteiger partial charge is 0.274 e. The third kappa shape index (κ3) is 4.46. The van der Waals surface area contributed by atoms with Gasteiger partial charge in [-0.1, -0.05) is 12.1 Å². The topological polar surface area (TPSA) is 64.4 Å². The third-order valence-electron chi connectivity index (χ3n) is 3.25. The van der Waals surface area contributed by atoms with Crippen molar-refractivity contribution in [3.8, 4) is 0 Å².